The molecule has 0 bridgehead atoms. The molecule has 0 aliphatic rings. The Kier molecular flexibility index (Phi) is 4.33. The molecule has 0 amide bonds. The lowest BCUT2D eigenvalue weighted by Crippen LogP contribution is -2.29. The van der Waals surface area contributed by atoms with E-state index in [-0.39, 0.29) is 0 Å². The van der Waals surface area contributed by atoms with Gasteiger partial charge in [0.1, 0.15) is 10.5 Å². The van der Waals surface area contributed by atoms with E-state index in [1.54, 1.807) is 0 Å². The first-order valence-corrected chi connectivity index (χ1v) is 5.20. The molecule has 2 heteroatoms. The van der Waals surface area contributed by atoms with Gasteiger partial charge in [-0.2, -0.15) is 0 Å². The quantitative estimate of drug-likeness (QED) is 0.591. The van der Waals surface area contributed by atoms with Crippen molar-refractivity contribution in [3.63, 3.8) is 0 Å². The fourth-order valence-electron chi connectivity index (χ4n) is 1.62. The van der Waals surface area contributed by atoms with E-state index in [4.69, 9.17) is 4.43 Å². The molecular formula is C9H22OSi. The van der Waals surface area contributed by atoms with Gasteiger partial charge in [-0.05, 0) is 17.3 Å². The van der Waals surface area contributed by atoms with E-state index in [2.05, 4.69) is 34.6 Å². The lowest BCUT2D eigenvalue weighted by molar-refractivity contribution is 0.110. The van der Waals surface area contributed by atoms with Crippen LogP contribution in [0.2, 0.25) is 0 Å². The van der Waals surface area contributed by atoms with Crippen molar-refractivity contribution in [2.75, 3.05) is 6.61 Å². The standard InChI is InChI=1S/C9H22OSi/c1-7(2)8(6-10-11)9(3,4)5/h7-8H,6H2,1-5,11H3. The van der Waals surface area contributed by atoms with Crippen molar-refractivity contribution in [1.29, 1.82) is 0 Å². The molecule has 11 heavy (non-hydrogen) atoms. The van der Waals surface area contributed by atoms with Crippen LogP contribution in [0, 0.1) is 17.3 Å². The van der Waals surface area contributed by atoms with Crippen molar-refractivity contribution in [3.05, 3.63) is 0 Å². The van der Waals surface area contributed by atoms with Crippen LogP contribution in [0.3, 0.4) is 0 Å². The van der Waals surface area contributed by atoms with Gasteiger partial charge in [-0.15, -0.1) is 0 Å². The minimum atomic E-state index is 0.387. The third-order valence-corrected chi connectivity index (χ3v) is 2.60. The Bertz CT molecular complexity index is 105. The zero-order valence-electron chi connectivity index (χ0n) is 8.77. The van der Waals surface area contributed by atoms with Crippen LogP contribution < -0.4 is 0 Å². The zero-order valence-corrected chi connectivity index (χ0v) is 10.8. The van der Waals surface area contributed by atoms with E-state index in [1.165, 1.54) is 0 Å². The summed E-state index contributed by atoms with van der Waals surface area (Å²) < 4.78 is 5.33. The highest BCUT2D eigenvalue weighted by atomic mass is 28.2. The molecule has 1 atom stereocenters. The lowest BCUT2D eigenvalue weighted by atomic mass is 9.75. The van der Waals surface area contributed by atoms with Crippen molar-refractivity contribution in [2.24, 2.45) is 17.3 Å². The highest BCUT2D eigenvalue weighted by Gasteiger charge is 2.26. The summed E-state index contributed by atoms with van der Waals surface area (Å²) in [6, 6.07) is 0. The second kappa shape index (κ2) is 4.26. The summed E-state index contributed by atoms with van der Waals surface area (Å²) in [4.78, 5) is 0. The summed E-state index contributed by atoms with van der Waals surface area (Å²) in [6.07, 6.45) is 0. The maximum atomic E-state index is 5.33. The van der Waals surface area contributed by atoms with E-state index in [1.807, 2.05) is 0 Å². The average Bonchev–Trinajstić information content (AvgIpc) is 1.79. The Labute approximate surface area is 74.1 Å². The molecule has 1 unspecified atom stereocenters. The van der Waals surface area contributed by atoms with Crippen LogP contribution in [-0.4, -0.2) is 17.1 Å². The molecule has 0 aromatic carbocycles. The van der Waals surface area contributed by atoms with Gasteiger partial charge in [0, 0.05) is 6.61 Å². The first kappa shape index (κ1) is 11.2. The molecule has 0 radical (unpaired) electrons. The molecule has 0 rings (SSSR count). The molecular weight excluding hydrogens is 152 g/mol. The van der Waals surface area contributed by atoms with Gasteiger partial charge in [0.05, 0.1) is 0 Å². The van der Waals surface area contributed by atoms with Crippen LogP contribution in [0.25, 0.3) is 0 Å². The maximum Gasteiger partial charge on any atom is 0.145 e. The van der Waals surface area contributed by atoms with Crippen LogP contribution in [0.1, 0.15) is 34.6 Å². The van der Waals surface area contributed by atoms with Gasteiger partial charge in [-0.1, -0.05) is 34.6 Å². The van der Waals surface area contributed by atoms with E-state index < -0.39 is 0 Å². The van der Waals surface area contributed by atoms with Gasteiger partial charge in [-0.3, -0.25) is 0 Å². The van der Waals surface area contributed by atoms with Crippen molar-refractivity contribution < 1.29 is 4.43 Å². The molecule has 0 aromatic rings. The summed E-state index contributed by atoms with van der Waals surface area (Å²) in [6.45, 7) is 12.4. The molecule has 68 valence electrons. The van der Waals surface area contributed by atoms with E-state index in [0.29, 0.717) is 11.3 Å². The van der Waals surface area contributed by atoms with E-state index in [0.717, 1.165) is 23.0 Å². The second-order valence-corrected chi connectivity index (χ2v) is 5.25. The van der Waals surface area contributed by atoms with Crippen LogP contribution >= 0.6 is 0 Å². The molecule has 0 aromatic heterocycles. The smallest absolute Gasteiger partial charge is 0.145 e. The zero-order chi connectivity index (χ0) is 9.07. The fraction of sp³-hybridized carbons (Fsp3) is 1.00. The number of hydrogen-bond donors (Lipinski definition) is 0. The van der Waals surface area contributed by atoms with Crippen LogP contribution in [0.4, 0.5) is 0 Å². The minimum absolute atomic E-state index is 0.387. The first-order chi connectivity index (χ1) is 4.89. The Morgan fingerprint density at radius 2 is 1.73 bits per heavy atom. The van der Waals surface area contributed by atoms with Gasteiger partial charge in [-0.25, -0.2) is 0 Å². The molecule has 0 saturated carbocycles. The monoisotopic (exact) mass is 174 g/mol. The molecule has 0 N–H and O–H groups in total. The van der Waals surface area contributed by atoms with Gasteiger partial charge < -0.3 is 4.43 Å². The third-order valence-electron chi connectivity index (χ3n) is 2.26. The Morgan fingerprint density at radius 1 is 1.27 bits per heavy atom. The van der Waals surface area contributed by atoms with Crippen molar-refractivity contribution in [2.45, 2.75) is 34.6 Å². The maximum absolute atomic E-state index is 5.33. The molecule has 0 aliphatic heterocycles. The Morgan fingerprint density at radius 3 is 1.82 bits per heavy atom. The van der Waals surface area contributed by atoms with Crippen molar-refractivity contribution >= 4 is 10.5 Å². The van der Waals surface area contributed by atoms with Gasteiger partial charge in [0.15, 0.2) is 0 Å². The van der Waals surface area contributed by atoms with Gasteiger partial charge in [0.25, 0.3) is 0 Å². The number of rotatable bonds is 3. The summed E-state index contributed by atoms with van der Waals surface area (Å²) in [7, 11) is 0.866. The highest BCUT2D eigenvalue weighted by molar-refractivity contribution is 5.97. The number of hydrogen-bond acceptors (Lipinski definition) is 1. The van der Waals surface area contributed by atoms with Gasteiger partial charge >= 0.3 is 0 Å². The van der Waals surface area contributed by atoms with E-state index >= 15 is 0 Å². The van der Waals surface area contributed by atoms with Crippen molar-refractivity contribution in [3.8, 4) is 0 Å². The van der Waals surface area contributed by atoms with Crippen LogP contribution in [0.5, 0.6) is 0 Å². The van der Waals surface area contributed by atoms with E-state index in [9.17, 15) is 0 Å². The normalized spacial score (nSPS) is 15.8. The Balaban J connectivity index is 4.10. The average molecular weight is 174 g/mol. The lowest BCUT2D eigenvalue weighted by Gasteiger charge is -2.33. The second-order valence-electron chi connectivity index (χ2n) is 4.67. The predicted octanol–water partition coefficient (Wildman–Crippen LogP) is 1.60. The van der Waals surface area contributed by atoms with Crippen LogP contribution in [0.15, 0.2) is 0 Å². The molecule has 0 spiro atoms. The topological polar surface area (TPSA) is 9.23 Å². The molecule has 0 fully saturated rings. The molecule has 0 heterocycles. The largest absolute Gasteiger partial charge is 0.428 e. The van der Waals surface area contributed by atoms with Crippen LogP contribution in [-0.2, 0) is 4.43 Å². The summed E-state index contributed by atoms with van der Waals surface area (Å²) in [5.74, 6) is 1.42. The van der Waals surface area contributed by atoms with Gasteiger partial charge in [0.2, 0.25) is 0 Å². The third kappa shape index (κ3) is 3.92. The van der Waals surface area contributed by atoms with Crippen molar-refractivity contribution in [1.82, 2.24) is 0 Å². The first-order valence-electron chi connectivity index (χ1n) is 4.38. The SMILES string of the molecule is CC(C)C(CO[SiH3])C(C)(C)C. The predicted molar refractivity (Wildman–Crippen MR) is 53.7 cm³/mol. The molecule has 0 saturated heterocycles. The molecule has 1 nitrogen and oxygen atoms in total. The summed E-state index contributed by atoms with van der Waals surface area (Å²) in [5, 5.41) is 0. The summed E-state index contributed by atoms with van der Waals surface area (Å²) >= 11 is 0. The highest BCUT2D eigenvalue weighted by Crippen LogP contribution is 2.31. The fourth-order valence-corrected chi connectivity index (χ4v) is 1.98. The Hall–Kier alpha value is 0.177. The molecule has 0 aliphatic carbocycles. The minimum Gasteiger partial charge on any atom is -0.428 e. The summed E-state index contributed by atoms with van der Waals surface area (Å²) in [5.41, 5.74) is 0.387.